The van der Waals surface area contributed by atoms with Crippen molar-refractivity contribution < 1.29 is 4.92 Å². The standard InChI is InChI=1S/C14H13BrN2O2/c1-10-2-7-13(8-14(10)17(18)19)16-9-11-3-5-12(15)6-4-11/h2-8,16H,9H2,1H3. The summed E-state index contributed by atoms with van der Waals surface area (Å²) in [5.41, 5.74) is 2.67. The van der Waals surface area contributed by atoms with Gasteiger partial charge in [0.1, 0.15) is 0 Å². The molecule has 0 amide bonds. The zero-order chi connectivity index (χ0) is 13.8. The van der Waals surface area contributed by atoms with E-state index in [0.29, 0.717) is 12.1 Å². The Balaban J connectivity index is 2.09. The van der Waals surface area contributed by atoms with E-state index in [4.69, 9.17) is 0 Å². The lowest BCUT2D eigenvalue weighted by Crippen LogP contribution is -2.00. The van der Waals surface area contributed by atoms with Crippen LogP contribution in [0.3, 0.4) is 0 Å². The number of anilines is 1. The van der Waals surface area contributed by atoms with Gasteiger partial charge in [-0.1, -0.05) is 34.1 Å². The third-order valence-corrected chi connectivity index (χ3v) is 3.34. The van der Waals surface area contributed by atoms with Crippen LogP contribution in [-0.4, -0.2) is 4.92 Å². The topological polar surface area (TPSA) is 55.2 Å². The summed E-state index contributed by atoms with van der Waals surface area (Å²) < 4.78 is 1.03. The average molecular weight is 321 g/mol. The van der Waals surface area contributed by atoms with Crippen LogP contribution in [0.15, 0.2) is 46.9 Å². The zero-order valence-electron chi connectivity index (χ0n) is 10.4. The third-order valence-electron chi connectivity index (χ3n) is 2.82. The first kappa shape index (κ1) is 13.5. The number of benzene rings is 2. The molecule has 0 radical (unpaired) electrons. The fraction of sp³-hybridized carbons (Fsp3) is 0.143. The summed E-state index contributed by atoms with van der Waals surface area (Å²) >= 11 is 3.38. The van der Waals surface area contributed by atoms with Crippen molar-refractivity contribution >= 4 is 27.3 Å². The number of halogens is 1. The van der Waals surface area contributed by atoms with Gasteiger partial charge in [0, 0.05) is 28.3 Å². The van der Waals surface area contributed by atoms with E-state index in [1.807, 2.05) is 30.3 Å². The number of nitrogens with zero attached hydrogens (tertiary/aromatic N) is 1. The van der Waals surface area contributed by atoms with E-state index in [0.717, 1.165) is 15.7 Å². The summed E-state index contributed by atoms with van der Waals surface area (Å²) in [6.45, 7) is 2.37. The maximum absolute atomic E-state index is 10.9. The summed E-state index contributed by atoms with van der Waals surface area (Å²) in [6, 6.07) is 13.1. The molecule has 2 aromatic carbocycles. The molecule has 2 aromatic rings. The Morgan fingerprint density at radius 2 is 1.89 bits per heavy atom. The lowest BCUT2D eigenvalue weighted by Gasteiger charge is -2.07. The number of nitrogens with one attached hydrogen (secondary N) is 1. The van der Waals surface area contributed by atoms with Crippen LogP contribution >= 0.6 is 15.9 Å². The molecule has 0 aliphatic heterocycles. The summed E-state index contributed by atoms with van der Waals surface area (Å²) in [6.07, 6.45) is 0. The van der Waals surface area contributed by atoms with Crippen LogP contribution in [0, 0.1) is 17.0 Å². The Bertz CT molecular complexity index is 597. The third kappa shape index (κ3) is 3.54. The van der Waals surface area contributed by atoms with Gasteiger partial charge in [-0.3, -0.25) is 10.1 Å². The van der Waals surface area contributed by atoms with Crippen LogP contribution in [0.5, 0.6) is 0 Å². The number of aryl methyl sites for hydroxylation is 1. The Hall–Kier alpha value is -1.88. The second-order valence-electron chi connectivity index (χ2n) is 4.24. The molecule has 0 bridgehead atoms. The van der Waals surface area contributed by atoms with Gasteiger partial charge in [-0.25, -0.2) is 0 Å². The van der Waals surface area contributed by atoms with E-state index in [-0.39, 0.29) is 10.6 Å². The lowest BCUT2D eigenvalue weighted by molar-refractivity contribution is -0.385. The molecular weight excluding hydrogens is 308 g/mol. The van der Waals surface area contributed by atoms with Crippen LogP contribution in [0.25, 0.3) is 0 Å². The summed E-state index contributed by atoms with van der Waals surface area (Å²) in [4.78, 5) is 10.5. The average Bonchev–Trinajstić information content (AvgIpc) is 2.39. The highest BCUT2D eigenvalue weighted by Gasteiger charge is 2.10. The van der Waals surface area contributed by atoms with Crippen molar-refractivity contribution in [2.75, 3.05) is 5.32 Å². The molecule has 2 rings (SSSR count). The second-order valence-corrected chi connectivity index (χ2v) is 5.15. The predicted molar refractivity (Wildman–Crippen MR) is 79.3 cm³/mol. The molecule has 0 heterocycles. The van der Waals surface area contributed by atoms with Crippen LogP contribution in [0.1, 0.15) is 11.1 Å². The monoisotopic (exact) mass is 320 g/mol. The van der Waals surface area contributed by atoms with E-state index >= 15 is 0 Å². The van der Waals surface area contributed by atoms with Crippen molar-refractivity contribution in [3.63, 3.8) is 0 Å². The molecule has 0 aromatic heterocycles. The van der Waals surface area contributed by atoms with E-state index in [9.17, 15) is 10.1 Å². The second kappa shape index (κ2) is 5.84. The highest BCUT2D eigenvalue weighted by atomic mass is 79.9. The minimum absolute atomic E-state index is 0.140. The molecule has 0 saturated heterocycles. The van der Waals surface area contributed by atoms with Crippen LogP contribution in [0.2, 0.25) is 0 Å². The maximum Gasteiger partial charge on any atom is 0.274 e. The zero-order valence-corrected chi connectivity index (χ0v) is 12.0. The Labute approximate surface area is 119 Å². The predicted octanol–water partition coefficient (Wildman–Crippen LogP) is 4.28. The number of hydrogen-bond acceptors (Lipinski definition) is 3. The van der Waals surface area contributed by atoms with Crippen molar-refractivity contribution in [1.29, 1.82) is 0 Å². The van der Waals surface area contributed by atoms with E-state index in [1.54, 1.807) is 19.1 Å². The highest BCUT2D eigenvalue weighted by Crippen LogP contribution is 2.22. The van der Waals surface area contributed by atoms with Gasteiger partial charge in [0.05, 0.1) is 4.92 Å². The molecule has 4 nitrogen and oxygen atoms in total. The molecule has 0 fully saturated rings. The lowest BCUT2D eigenvalue weighted by atomic mass is 10.1. The van der Waals surface area contributed by atoms with Crippen molar-refractivity contribution in [3.05, 3.63) is 68.2 Å². The maximum atomic E-state index is 10.9. The van der Waals surface area contributed by atoms with Crippen molar-refractivity contribution in [2.24, 2.45) is 0 Å². The van der Waals surface area contributed by atoms with Crippen LogP contribution in [-0.2, 0) is 6.54 Å². The van der Waals surface area contributed by atoms with Gasteiger partial charge in [-0.05, 0) is 30.7 Å². The SMILES string of the molecule is Cc1ccc(NCc2ccc(Br)cc2)cc1[N+](=O)[O-]. The minimum Gasteiger partial charge on any atom is -0.381 e. The first-order valence-corrected chi connectivity index (χ1v) is 6.59. The number of hydrogen-bond donors (Lipinski definition) is 1. The fourth-order valence-corrected chi connectivity index (χ4v) is 1.99. The van der Waals surface area contributed by atoms with Gasteiger partial charge in [0.25, 0.3) is 5.69 Å². The first-order chi connectivity index (χ1) is 9.06. The van der Waals surface area contributed by atoms with Gasteiger partial charge in [-0.2, -0.15) is 0 Å². The van der Waals surface area contributed by atoms with Crippen molar-refractivity contribution in [2.45, 2.75) is 13.5 Å². The highest BCUT2D eigenvalue weighted by molar-refractivity contribution is 9.10. The molecule has 0 aliphatic carbocycles. The van der Waals surface area contributed by atoms with Crippen LogP contribution < -0.4 is 5.32 Å². The number of nitro groups is 1. The Morgan fingerprint density at radius 1 is 1.21 bits per heavy atom. The summed E-state index contributed by atoms with van der Waals surface area (Å²) in [5, 5.41) is 14.0. The van der Waals surface area contributed by atoms with Crippen molar-refractivity contribution in [1.82, 2.24) is 0 Å². The molecule has 98 valence electrons. The molecule has 19 heavy (non-hydrogen) atoms. The summed E-state index contributed by atoms with van der Waals surface area (Å²) in [5.74, 6) is 0. The van der Waals surface area contributed by atoms with E-state index in [2.05, 4.69) is 21.2 Å². The normalized spacial score (nSPS) is 10.2. The van der Waals surface area contributed by atoms with Gasteiger partial charge in [-0.15, -0.1) is 0 Å². The molecule has 0 saturated carbocycles. The van der Waals surface area contributed by atoms with E-state index in [1.165, 1.54) is 0 Å². The molecule has 0 spiro atoms. The largest absolute Gasteiger partial charge is 0.381 e. The Morgan fingerprint density at radius 3 is 2.53 bits per heavy atom. The fourth-order valence-electron chi connectivity index (χ4n) is 1.72. The molecule has 1 N–H and O–H groups in total. The smallest absolute Gasteiger partial charge is 0.274 e. The van der Waals surface area contributed by atoms with E-state index < -0.39 is 0 Å². The van der Waals surface area contributed by atoms with Gasteiger partial charge in [0.2, 0.25) is 0 Å². The quantitative estimate of drug-likeness (QED) is 0.675. The molecule has 5 heteroatoms. The Kier molecular flexibility index (Phi) is 4.16. The molecule has 0 atom stereocenters. The van der Waals surface area contributed by atoms with Gasteiger partial charge >= 0.3 is 0 Å². The summed E-state index contributed by atoms with van der Waals surface area (Å²) in [7, 11) is 0. The molecule has 0 unspecified atom stereocenters. The molecular formula is C14H13BrN2O2. The number of rotatable bonds is 4. The number of nitro benzene ring substituents is 1. The molecule has 0 aliphatic rings. The van der Waals surface area contributed by atoms with Gasteiger partial charge < -0.3 is 5.32 Å². The van der Waals surface area contributed by atoms with Gasteiger partial charge in [0.15, 0.2) is 0 Å². The first-order valence-electron chi connectivity index (χ1n) is 5.79. The minimum atomic E-state index is -0.361. The van der Waals surface area contributed by atoms with Crippen molar-refractivity contribution in [3.8, 4) is 0 Å². The van der Waals surface area contributed by atoms with Crippen LogP contribution in [0.4, 0.5) is 11.4 Å².